The lowest BCUT2D eigenvalue weighted by Gasteiger charge is -2.25. The van der Waals surface area contributed by atoms with Crippen LogP contribution in [0.25, 0.3) is 10.4 Å². The van der Waals surface area contributed by atoms with Gasteiger partial charge in [0.25, 0.3) is 0 Å². The molecule has 31 heavy (non-hydrogen) atoms. The molecule has 0 aliphatic heterocycles. The third-order valence-corrected chi connectivity index (χ3v) is 5.80. The van der Waals surface area contributed by atoms with E-state index in [2.05, 4.69) is 0 Å². The molecule has 0 atom stereocenters. The number of halogens is 3. The fraction of sp³-hybridized carbons (Fsp3) is 0.217. The molecule has 0 fully saturated rings. The second-order valence-electron chi connectivity index (χ2n) is 7.27. The van der Waals surface area contributed by atoms with Crippen LogP contribution >= 0.6 is 11.3 Å². The van der Waals surface area contributed by atoms with E-state index in [4.69, 9.17) is 0 Å². The van der Waals surface area contributed by atoms with Crippen molar-refractivity contribution in [3.05, 3.63) is 76.7 Å². The predicted octanol–water partition coefficient (Wildman–Crippen LogP) is 6.32. The topological polar surface area (TPSA) is 57.6 Å². The Morgan fingerprint density at radius 1 is 1.03 bits per heavy atom. The Bertz CT molecular complexity index is 1070. The van der Waals surface area contributed by atoms with Gasteiger partial charge < -0.3 is 10.0 Å². The van der Waals surface area contributed by atoms with Crippen LogP contribution in [0.2, 0.25) is 0 Å². The fourth-order valence-electron chi connectivity index (χ4n) is 3.06. The third-order valence-electron chi connectivity index (χ3n) is 4.64. The summed E-state index contributed by atoms with van der Waals surface area (Å²) in [6.07, 6.45) is -4.46. The Labute approximate surface area is 181 Å². The van der Waals surface area contributed by atoms with Crippen molar-refractivity contribution in [2.75, 3.05) is 4.90 Å². The highest BCUT2D eigenvalue weighted by Gasteiger charge is 2.31. The maximum absolute atomic E-state index is 13.0. The molecule has 1 N–H and O–H groups in total. The Morgan fingerprint density at radius 2 is 1.65 bits per heavy atom. The first-order valence-electron chi connectivity index (χ1n) is 9.48. The van der Waals surface area contributed by atoms with Crippen LogP contribution in [0.3, 0.4) is 0 Å². The van der Waals surface area contributed by atoms with Gasteiger partial charge in [-0.05, 0) is 29.3 Å². The number of rotatable bonds is 6. The van der Waals surface area contributed by atoms with Gasteiger partial charge in [-0.1, -0.05) is 56.3 Å². The zero-order chi connectivity index (χ0) is 22.8. The summed E-state index contributed by atoms with van der Waals surface area (Å²) in [6, 6.07) is 15.3. The van der Waals surface area contributed by atoms with Gasteiger partial charge in [-0.2, -0.15) is 13.2 Å². The summed E-state index contributed by atoms with van der Waals surface area (Å²) in [5.41, 5.74) is 0.722. The van der Waals surface area contributed by atoms with Gasteiger partial charge in [-0.25, -0.2) is 4.79 Å². The molecule has 162 valence electrons. The molecule has 3 aromatic rings. The summed E-state index contributed by atoms with van der Waals surface area (Å²) in [5.74, 6) is -1.92. The van der Waals surface area contributed by atoms with Gasteiger partial charge in [0.15, 0.2) is 0 Å². The van der Waals surface area contributed by atoms with Crippen molar-refractivity contribution in [3.63, 3.8) is 0 Å². The molecule has 1 amide bonds. The van der Waals surface area contributed by atoms with E-state index >= 15 is 0 Å². The number of carbonyl (C=O) groups is 2. The van der Waals surface area contributed by atoms with Gasteiger partial charge in [-0.3, -0.25) is 4.79 Å². The summed E-state index contributed by atoms with van der Waals surface area (Å²) in [4.78, 5) is 26.9. The molecule has 1 aromatic heterocycles. The number of amides is 1. The van der Waals surface area contributed by atoms with E-state index in [1.165, 1.54) is 17.0 Å². The van der Waals surface area contributed by atoms with Gasteiger partial charge in [0.2, 0.25) is 5.91 Å². The third kappa shape index (κ3) is 5.14. The highest BCUT2D eigenvalue weighted by atomic mass is 32.1. The first-order chi connectivity index (χ1) is 14.6. The number of carboxylic acids is 1. The van der Waals surface area contributed by atoms with Gasteiger partial charge in [-0.15, -0.1) is 11.3 Å². The van der Waals surface area contributed by atoms with Gasteiger partial charge >= 0.3 is 12.1 Å². The summed E-state index contributed by atoms with van der Waals surface area (Å²) < 4.78 is 38.6. The highest BCUT2D eigenvalue weighted by Crippen LogP contribution is 2.38. The van der Waals surface area contributed by atoms with Crippen LogP contribution in [0.5, 0.6) is 0 Å². The van der Waals surface area contributed by atoms with Crippen LogP contribution in [0.15, 0.2) is 60.7 Å². The normalized spacial score (nSPS) is 11.5. The van der Waals surface area contributed by atoms with E-state index < -0.39 is 23.6 Å². The van der Waals surface area contributed by atoms with Crippen molar-refractivity contribution >= 4 is 28.9 Å². The second kappa shape index (κ2) is 8.93. The van der Waals surface area contributed by atoms with Crippen molar-refractivity contribution in [2.45, 2.75) is 26.6 Å². The molecule has 0 aliphatic rings. The maximum Gasteiger partial charge on any atom is 0.416 e. The standard InChI is InChI=1S/C23H20F3NO3S/c1-14(2)21(28)27(13-15-8-10-17(11-9-15)23(24,25)26)18-12-19(31-20(18)22(29)30)16-6-4-3-5-7-16/h3-12,14H,13H2,1-2H3,(H,29,30). The number of benzene rings is 2. The average molecular weight is 447 g/mol. The number of thiophene rings is 1. The summed E-state index contributed by atoms with van der Waals surface area (Å²) in [5, 5.41) is 9.73. The van der Waals surface area contributed by atoms with Crippen molar-refractivity contribution in [3.8, 4) is 10.4 Å². The van der Waals surface area contributed by atoms with E-state index in [9.17, 15) is 27.9 Å². The van der Waals surface area contributed by atoms with Crippen molar-refractivity contribution in [1.82, 2.24) is 0 Å². The maximum atomic E-state index is 13.0. The Kier molecular flexibility index (Phi) is 6.50. The van der Waals surface area contributed by atoms with E-state index in [-0.39, 0.29) is 23.0 Å². The van der Waals surface area contributed by atoms with Crippen molar-refractivity contribution in [2.24, 2.45) is 5.92 Å². The number of aromatic carboxylic acids is 1. The van der Waals surface area contributed by atoms with Crippen LogP contribution < -0.4 is 4.90 Å². The monoisotopic (exact) mass is 447 g/mol. The molecular weight excluding hydrogens is 427 g/mol. The predicted molar refractivity (Wildman–Crippen MR) is 114 cm³/mol. The zero-order valence-corrected chi connectivity index (χ0v) is 17.6. The first kappa shape index (κ1) is 22.6. The number of carboxylic acid groups (broad SMARTS) is 1. The fourth-order valence-corrected chi connectivity index (χ4v) is 4.06. The number of alkyl halides is 3. The molecule has 0 aliphatic carbocycles. The molecule has 0 bridgehead atoms. The Balaban J connectivity index is 2.04. The molecule has 0 saturated carbocycles. The van der Waals surface area contributed by atoms with E-state index in [1.807, 2.05) is 30.3 Å². The zero-order valence-electron chi connectivity index (χ0n) is 16.8. The van der Waals surface area contributed by atoms with Crippen molar-refractivity contribution < 1.29 is 27.9 Å². The molecular formula is C23H20F3NO3S. The van der Waals surface area contributed by atoms with Crippen LogP contribution in [0, 0.1) is 5.92 Å². The molecule has 3 rings (SSSR count). The van der Waals surface area contributed by atoms with E-state index in [0.717, 1.165) is 29.0 Å². The first-order valence-corrected chi connectivity index (χ1v) is 10.3. The van der Waals surface area contributed by atoms with Gasteiger partial charge in [0.05, 0.1) is 17.8 Å². The lowest BCUT2D eigenvalue weighted by molar-refractivity contribution is -0.137. The van der Waals surface area contributed by atoms with Crippen LogP contribution in [-0.2, 0) is 17.5 Å². The van der Waals surface area contributed by atoms with Gasteiger partial charge in [0, 0.05) is 10.8 Å². The summed E-state index contributed by atoms with van der Waals surface area (Å²) >= 11 is 1.05. The van der Waals surface area contributed by atoms with Crippen molar-refractivity contribution in [1.29, 1.82) is 0 Å². The largest absolute Gasteiger partial charge is 0.477 e. The van der Waals surface area contributed by atoms with Crippen LogP contribution in [-0.4, -0.2) is 17.0 Å². The molecule has 0 unspecified atom stereocenters. The minimum absolute atomic E-state index is 0.000218. The molecule has 2 aromatic carbocycles. The minimum atomic E-state index is -4.46. The van der Waals surface area contributed by atoms with Gasteiger partial charge in [0.1, 0.15) is 4.88 Å². The summed E-state index contributed by atoms with van der Waals surface area (Å²) in [7, 11) is 0. The molecule has 4 nitrogen and oxygen atoms in total. The van der Waals surface area contributed by atoms with Crippen LogP contribution in [0.4, 0.5) is 18.9 Å². The van der Waals surface area contributed by atoms with E-state index in [1.54, 1.807) is 19.9 Å². The number of anilines is 1. The average Bonchev–Trinajstić information content (AvgIpc) is 3.17. The lowest BCUT2D eigenvalue weighted by Crippen LogP contribution is -2.34. The number of nitrogens with zero attached hydrogens (tertiary/aromatic N) is 1. The molecule has 8 heteroatoms. The second-order valence-corrected chi connectivity index (χ2v) is 8.32. The molecule has 1 heterocycles. The number of hydrogen-bond acceptors (Lipinski definition) is 3. The molecule has 0 spiro atoms. The van der Waals surface area contributed by atoms with Crippen LogP contribution in [0.1, 0.15) is 34.6 Å². The quantitative estimate of drug-likeness (QED) is 0.481. The lowest BCUT2D eigenvalue weighted by atomic mass is 10.1. The molecule has 0 saturated heterocycles. The number of carbonyl (C=O) groups excluding carboxylic acids is 1. The summed E-state index contributed by atoms with van der Waals surface area (Å²) in [6.45, 7) is 3.33. The Morgan fingerprint density at radius 3 is 2.16 bits per heavy atom. The SMILES string of the molecule is CC(C)C(=O)N(Cc1ccc(C(F)(F)F)cc1)c1cc(-c2ccccc2)sc1C(=O)O. The van der Waals surface area contributed by atoms with E-state index in [0.29, 0.717) is 10.4 Å². The number of hydrogen-bond donors (Lipinski definition) is 1. The smallest absolute Gasteiger partial charge is 0.416 e. The molecule has 0 radical (unpaired) electrons. The minimum Gasteiger partial charge on any atom is -0.477 e. The Hall–Kier alpha value is -3.13. The highest BCUT2D eigenvalue weighted by molar-refractivity contribution is 7.18.